The van der Waals surface area contributed by atoms with E-state index in [0.29, 0.717) is 20.7 Å². The van der Waals surface area contributed by atoms with E-state index in [1.165, 1.54) is 25.7 Å². The minimum atomic E-state index is 0.459. The minimum Gasteiger partial charge on any atom is -0.124 e. The summed E-state index contributed by atoms with van der Waals surface area (Å²) >= 11 is 3.06. The highest BCUT2D eigenvalue weighted by Crippen LogP contribution is 2.31. The van der Waals surface area contributed by atoms with Crippen LogP contribution in [0, 0.1) is 0 Å². The molecular formula is C8H14I2. The molecule has 0 amide bonds. The van der Waals surface area contributed by atoms with Crippen molar-refractivity contribution in [3.05, 3.63) is 0 Å². The van der Waals surface area contributed by atoms with Crippen molar-refractivity contribution in [3.63, 3.8) is 0 Å². The highest BCUT2D eigenvalue weighted by molar-refractivity contribution is 14.2. The topological polar surface area (TPSA) is 0 Å². The van der Waals surface area contributed by atoms with Gasteiger partial charge >= 0.3 is 0 Å². The average Bonchev–Trinajstić information content (AvgIpc) is 1.95. The Balaban J connectivity index is 2.26. The van der Waals surface area contributed by atoms with Crippen molar-refractivity contribution in [1.82, 2.24) is 0 Å². The predicted molar refractivity (Wildman–Crippen MR) is 65.8 cm³/mol. The van der Waals surface area contributed by atoms with Gasteiger partial charge in [-0.25, -0.2) is 0 Å². The molecular weight excluding hydrogens is 350 g/mol. The van der Waals surface area contributed by atoms with Crippen LogP contribution in [0.2, 0.25) is 0 Å². The van der Waals surface area contributed by atoms with Gasteiger partial charge in [0, 0.05) is 7.85 Å². The monoisotopic (exact) mass is 364 g/mol. The molecule has 1 aliphatic rings. The maximum atomic E-state index is 2.60. The van der Waals surface area contributed by atoms with Crippen LogP contribution in [0.25, 0.3) is 0 Å². The van der Waals surface area contributed by atoms with Crippen LogP contribution in [0.1, 0.15) is 32.6 Å². The smallest absolute Gasteiger partial charge is 0.0110 e. The average molecular weight is 364 g/mol. The molecule has 10 heavy (non-hydrogen) atoms. The van der Waals surface area contributed by atoms with Gasteiger partial charge in [0.05, 0.1) is 0 Å². The van der Waals surface area contributed by atoms with E-state index in [2.05, 4.69) is 33.5 Å². The second kappa shape index (κ2) is 5.06. The van der Waals surface area contributed by atoms with Crippen LogP contribution >= 0.6 is 43.3 Å². The molecule has 0 heterocycles. The summed E-state index contributed by atoms with van der Waals surface area (Å²) in [5.41, 5.74) is 0. The van der Waals surface area contributed by atoms with Gasteiger partial charge < -0.3 is 0 Å². The molecule has 0 nitrogen and oxygen atoms in total. The van der Waals surface area contributed by atoms with Gasteiger partial charge in [-0.05, 0) is 32.6 Å². The highest BCUT2D eigenvalue weighted by atomic mass is 127. The second-order valence-electron chi connectivity index (χ2n) is 2.69. The van der Waals surface area contributed by atoms with E-state index in [1.807, 2.05) is 0 Å². The van der Waals surface area contributed by atoms with E-state index in [-0.39, 0.29) is 0 Å². The third kappa shape index (κ3) is 3.15. The Hall–Kier alpha value is 1.33. The van der Waals surface area contributed by atoms with Gasteiger partial charge in [0.25, 0.3) is 0 Å². The van der Waals surface area contributed by atoms with E-state index >= 15 is 0 Å². The van der Waals surface area contributed by atoms with Crippen molar-refractivity contribution in [1.29, 1.82) is 0 Å². The summed E-state index contributed by atoms with van der Waals surface area (Å²) in [6, 6.07) is 0. The van der Waals surface area contributed by atoms with Gasteiger partial charge in [0.2, 0.25) is 0 Å². The summed E-state index contributed by atoms with van der Waals surface area (Å²) < 4.78 is 4.56. The van der Waals surface area contributed by atoms with Gasteiger partial charge in [0.15, 0.2) is 0 Å². The number of hydrogen-bond donors (Lipinski definition) is 0. The molecule has 60 valence electrons. The quantitative estimate of drug-likeness (QED) is 0.494. The lowest BCUT2D eigenvalue weighted by Gasteiger charge is -2.21. The first-order valence-corrected chi connectivity index (χ1v) is 7.60. The van der Waals surface area contributed by atoms with Gasteiger partial charge in [-0.2, -0.15) is 0 Å². The lowest BCUT2D eigenvalue weighted by molar-refractivity contribution is 0.553. The molecule has 0 N–H and O–H groups in total. The van der Waals surface area contributed by atoms with Gasteiger partial charge in [-0.3, -0.25) is 0 Å². The van der Waals surface area contributed by atoms with Crippen LogP contribution in [0.15, 0.2) is 0 Å². The standard InChI is InChI=1S/C8H14I2/c1-2-10-8-5-3-7(9)4-6-8/h2,7-8H,3-6H2,1H3. The van der Waals surface area contributed by atoms with Gasteiger partial charge in [-0.1, -0.05) is 26.6 Å². The molecule has 1 rings (SSSR count). The Morgan fingerprint density at radius 2 is 1.90 bits per heavy atom. The summed E-state index contributed by atoms with van der Waals surface area (Å²) in [5, 5.41) is 0. The fourth-order valence-corrected chi connectivity index (χ4v) is 4.49. The van der Waals surface area contributed by atoms with E-state index in [4.69, 9.17) is 0 Å². The third-order valence-electron chi connectivity index (χ3n) is 1.89. The summed E-state index contributed by atoms with van der Waals surface area (Å²) in [7, 11) is 0. The molecule has 0 bridgehead atoms. The minimum absolute atomic E-state index is 0.459. The van der Waals surface area contributed by atoms with Crippen molar-refractivity contribution < 1.29 is 0 Å². The van der Waals surface area contributed by atoms with Gasteiger partial charge in [-0.15, -0.1) is 20.7 Å². The summed E-state index contributed by atoms with van der Waals surface area (Å²) in [6.07, 6.45) is 6.01. The summed E-state index contributed by atoms with van der Waals surface area (Å²) in [6.45, 7) is 2.23. The highest BCUT2D eigenvalue weighted by Gasteiger charge is 2.16. The van der Waals surface area contributed by atoms with E-state index in [1.54, 1.807) is 0 Å². The zero-order chi connectivity index (χ0) is 7.40. The molecule has 0 aromatic heterocycles. The molecule has 2 heteroatoms. The van der Waals surface area contributed by atoms with Crippen LogP contribution in [0.4, 0.5) is 0 Å². The molecule has 0 unspecified atom stereocenters. The number of halogens is 2. The Bertz CT molecular complexity index is 112. The number of hydrogen-bond acceptors (Lipinski definition) is 0. The maximum Gasteiger partial charge on any atom is 0.0110 e. The predicted octanol–water partition coefficient (Wildman–Crippen LogP) is 3.53. The largest absolute Gasteiger partial charge is 0.124 e. The number of alkyl halides is 2. The van der Waals surface area contributed by atoms with Crippen LogP contribution in [-0.4, -0.2) is 11.9 Å². The van der Waals surface area contributed by atoms with Crippen molar-refractivity contribution in [3.8, 4) is 0 Å². The summed E-state index contributed by atoms with van der Waals surface area (Å²) in [4.78, 5) is 0. The first-order chi connectivity index (χ1) is 4.83. The zero-order valence-electron chi connectivity index (χ0n) is 6.32. The van der Waals surface area contributed by atoms with Gasteiger partial charge in [0.1, 0.15) is 0 Å². The second-order valence-corrected chi connectivity index (χ2v) is 8.18. The normalized spacial score (nSPS) is 35.8. The Labute approximate surface area is 87.0 Å². The van der Waals surface area contributed by atoms with E-state index in [9.17, 15) is 0 Å². The molecule has 0 aliphatic heterocycles. The molecule has 0 atom stereocenters. The molecule has 1 fully saturated rings. The lowest BCUT2D eigenvalue weighted by atomic mass is 10.0. The van der Waals surface area contributed by atoms with Crippen molar-refractivity contribution in [2.75, 3.05) is 0 Å². The third-order valence-corrected chi connectivity index (χ3v) is 6.12. The van der Waals surface area contributed by atoms with Crippen LogP contribution in [0.5, 0.6) is 0 Å². The van der Waals surface area contributed by atoms with E-state index in [0.717, 1.165) is 7.85 Å². The molecule has 0 saturated heterocycles. The van der Waals surface area contributed by atoms with Crippen molar-refractivity contribution >= 4 is 47.3 Å². The molecule has 0 aromatic rings. The molecule has 0 aromatic carbocycles. The fraction of sp³-hybridized carbons (Fsp3) is 0.875. The first kappa shape index (κ1) is 9.42. The van der Waals surface area contributed by atoms with Crippen LogP contribution in [-0.2, 0) is 0 Å². The van der Waals surface area contributed by atoms with E-state index < -0.39 is 0 Å². The Morgan fingerprint density at radius 1 is 1.30 bits per heavy atom. The fourth-order valence-electron chi connectivity index (χ4n) is 1.32. The molecule has 1 aliphatic carbocycles. The molecule has 0 radical (unpaired) electrons. The van der Waals surface area contributed by atoms with Crippen LogP contribution < -0.4 is 0 Å². The Kier molecular flexibility index (Phi) is 4.77. The first-order valence-electron chi connectivity index (χ1n) is 3.86. The SMILES string of the molecule is CC=IC1CCC(I)CC1. The lowest BCUT2D eigenvalue weighted by Crippen LogP contribution is -2.13. The van der Waals surface area contributed by atoms with Crippen LogP contribution in [0.3, 0.4) is 0 Å². The van der Waals surface area contributed by atoms with Crippen molar-refractivity contribution in [2.24, 2.45) is 0 Å². The Morgan fingerprint density at radius 3 is 2.40 bits per heavy atom. The number of rotatable bonds is 1. The summed E-state index contributed by atoms with van der Waals surface area (Å²) in [5.74, 6) is 0. The maximum absolute atomic E-state index is 2.60. The van der Waals surface area contributed by atoms with Crippen molar-refractivity contribution in [2.45, 2.75) is 40.5 Å². The molecule has 1 saturated carbocycles. The molecule has 0 spiro atoms. The zero-order valence-corrected chi connectivity index (χ0v) is 10.6.